The highest BCUT2D eigenvalue weighted by atomic mass is 14.2. The first-order valence-corrected chi connectivity index (χ1v) is 6.68. The molecule has 1 fully saturated rings. The first-order chi connectivity index (χ1) is 7.31. The zero-order valence-electron chi connectivity index (χ0n) is 10.6. The molecule has 15 heavy (non-hydrogen) atoms. The van der Waals surface area contributed by atoms with Crippen LogP contribution in [0.4, 0.5) is 0 Å². The summed E-state index contributed by atoms with van der Waals surface area (Å²) in [5.41, 5.74) is 0. The summed E-state index contributed by atoms with van der Waals surface area (Å²) in [4.78, 5) is 0. The minimum absolute atomic E-state index is 0.606. The van der Waals surface area contributed by atoms with Gasteiger partial charge >= 0.3 is 0 Å². The number of hydrogen-bond acceptors (Lipinski definition) is 1. The molecule has 1 nitrogen and oxygen atoms in total. The minimum atomic E-state index is 0.606. The van der Waals surface area contributed by atoms with Crippen molar-refractivity contribution in [3.63, 3.8) is 0 Å². The summed E-state index contributed by atoms with van der Waals surface area (Å²) in [7, 11) is 0. The molecule has 0 bridgehead atoms. The van der Waals surface area contributed by atoms with E-state index in [0.29, 0.717) is 5.92 Å². The molecule has 0 aromatic rings. The predicted molar refractivity (Wildman–Crippen MR) is 66.6 cm³/mol. The maximum Gasteiger partial charge on any atom is 0.0624 e. The highest BCUT2D eigenvalue weighted by Crippen LogP contribution is 2.15. The topological polar surface area (TPSA) is 23.8 Å². The van der Waals surface area contributed by atoms with Crippen molar-refractivity contribution < 1.29 is 0 Å². The van der Waals surface area contributed by atoms with Gasteiger partial charge in [0.15, 0.2) is 0 Å². The van der Waals surface area contributed by atoms with Gasteiger partial charge in [-0.3, -0.25) is 0 Å². The highest BCUT2D eigenvalue weighted by molar-refractivity contribution is 4.72. The molecule has 0 amide bonds. The van der Waals surface area contributed by atoms with Crippen LogP contribution in [0.2, 0.25) is 0 Å². The van der Waals surface area contributed by atoms with Gasteiger partial charge in [-0.05, 0) is 12.3 Å². The van der Waals surface area contributed by atoms with E-state index in [9.17, 15) is 0 Å². The molecule has 1 atom stereocenters. The predicted octanol–water partition coefficient (Wildman–Crippen LogP) is 5.07. The molecule has 0 heterocycles. The Morgan fingerprint density at radius 2 is 1.53 bits per heavy atom. The maximum absolute atomic E-state index is 8.29. The molecule has 0 spiro atoms. The third-order valence-corrected chi connectivity index (χ3v) is 2.99. The summed E-state index contributed by atoms with van der Waals surface area (Å²) in [5, 5.41) is 8.29. The zero-order valence-corrected chi connectivity index (χ0v) is 10.6. The van der Waals surface area contributed by atoms with Crippen LogP contribution in [-0.2, 0) is 0 Å². The summed E-state index contributed by atoms with van der Waals surface area (Å²) < 4.78 is 0. The summed E-state index contributed by atoms with van der Waals surface area (Å²) in [5.74, 6) is 0.606. The Kier molecular flexibility index (Phi) is 11.2. The first-order valence-electron chi connectivity index (χ1n) is 6.68. The molecule has 1 unspecified atom stereocenters. The van der Waals surface area contributed by atoms with Crippen molar-refractivity contribution >= 4 is 0 Å². The van der Waals surface area contributed by atoms with Gasteiger partial charge in [-0.25, -0.2) is 0 Å². The van der Waals surface area contributed by atoms with Gasteiger partial charge in [-0.1, -0.05) is 65.2 Å². The van der Waals surface area contributed by atoms with Gasteiger partial charge in [0.05, 0.1) is 6.07 Å². The molecule has 0 aromatic carbocycles. The molecular weight excluding hydrogens is 182 g/mol. The average molecular weight is 209 g/mol. The lowest BCUT2D eigenvalue weighted by Gasteiger charge is -2.05. The fourth-order valence-electron chi connectivity index (χ4n) is 1.87. The lowest BCUT2D eigenvalue weighted by Crippen LogP contribution is -1.91. The quantitative estimate of drug-likeness (QED) is 0.634. The molecule has 0 radical (unpaired) electrons. The fraction of sp³-hybridized carbons (Fsp3) is 0.929. The minimum Gasteiger partial charge on any atom is -0.198 e. The van der Waals surface area contributed by atoms with Crippen molar-refractivity contribution in [1.29, 1.82) is 5.26 Å². The van der Waals surface area contributed by atoms with E-state index in [4.69, 9.17) is 5.26 Å². The van der Waals surface area contributed by atoms with Crippen molar-refractivity contribution in [1.82, 2.24) is 0 Å². The maximum atomic E-state index is 8.29. The van der Waals surface area contributed by atoms with E-state index in [-0.39, 0.29) is 0 Å². The number of hydrogen-bond donors (Lipinski definition) is 0. The molecule has 1 rings (SSSR count). The Bertz CT molecular complexity index is 142. The second-order valence-corrected chi connectivity index (χ2v) is 4.73. The molecule has 1 aliphatic carbocycles. The van der Waals surface area contributed by atoms with Crippen molar-refractivity contribution in [3.05, 3.63) is 0 Å². The highest BCUT2D eigenvalue weighted by Gasteiger charge is 1.98. The number of rotatable bonds is 4. The smallest absolute Gasteiger partial charge is 0.0624 e. The Hall–Kier alpha value is -0.510. The van der Waals surface area contributed by atoms with E-state index in [0.717, 1.165) is 6.42 Å². The largest absolute Gasteiger partial charge is 0.198 e. The van der Waals surface area contributed by atoms with Gasteiger partial charge in [0.2, 0.25) is 0 Å². The van der Waals surface area contributed by atoms with Crippen molar-refractivity contribution in [3.8, 4) is 6.07 Å². The van der Waals surface area contributed by atoms with Gasteiger partial charge in [-0.2, -0.15) is 5.26 Å². The average Bonchev–Trinajstić information content (AvgIpc) is 2.30. The van der Waals surface area contributed by atoms with Crippen LogP contribution >= 0.6 is 0 Å². The number of unbranched alkanes of at least 4 members (excludes halogenated alkanes) is 1. The third-order valence-electron chi connectivity index (χ3n) is 2.99. The molecule has 1 heteroatoms. The molecule has 0 aliphatic heterocycles. The molecule has 1 aliphatic rings. The normalized spacial score (nSPS) is 17.1. The van der Waals surface area contributed by atoms with Crippen LogP contribution in [0.3, 0.4) is 0 Å². The van der Waals surface area contributed by atoms with Gasteiger partial charge in [0, 0.05) is 6.42 Å². The van der Waals surface area contributed by atoms with Crippen LogP contribution in [0, 0.1) is 17.2 Å². The molecule has 0 saturated heterocycles. The lowest BCUT2D eigenvalue weighted by molar-refractivity contribution is 0.504. The molecule has 1 saturated carbocycles. The fourth-order valence-corrected chi connectivity index (χ4v) is 1.87. The van der Waals surface area contributed by atoms with E-state index < -0.39 is 0 Å². The van der Waals surface area contributed by atoms with E-state index in [1.54, 1.807) is 0 Å². The van der Waals surface area contributed by atoms with Crippen molar-refractivity contribution in [2.75, 3.05) is 0 Å². The van der Waals surface area contributed by atoms with Crippen molar-refractivity contribution in [2.45, 2.75) is 78.1 Å². The van der Waals surface area contributed by atoms with Crippen LogP contribution in [-0.4, -0.2) is 0 Å². The summed E-state index contributed by atoms with van der Waals surface area (Å²) in [6, 6.07) is 2.18. The van der Waals surface area contributed by atoms with E-state index in [1.165, 1.54) is 57.8 Å². The molecule has 0 aromatic heterocycles. The molecule has 88 valence electrons. The first kappa shape index (κ1) is 14.5. The molecule has 0 N–H and O–H groups in total. The monoisotopic (exact) mass is 209 g/mol. The molecular formula is C14H27N. The van der Waals surface area contributed by atoms with Crippen LogP contribution < -0.4 is 0 Å². The SMILES string of the molecule is C1CCCCC1.CCCCC(C)CC#N. The lowest BCUT2D eigenvalue weighted by atomic mass is 10.0. The van der Waals surface area contributed by atoms with Gasteiger partial charge < -0.3 is 0 Å². The Morgan fingerprint density at radius 3 is 1.87 bits per heavy atom. The standard InChI is InChI=1S/C8H15N.C6H12/c1-3-4-5-8(2)6-7-9;1-2-4-6-5-3-1/h8H,3-6H2,1-2H3;1-6H2. The summed E-state index contributed by atoms with van der Waals surface area (Å²) in [6.45, 7) is 4.32. The van der Waals surface area contributed by atoms with E-state index in [1.807, 2.05) is 0 Å². The van der Waals surface area contributed by atoms with E-state index in [2.05, 4.69) is 19.9 Å². The third kappa shape index (κ3) is 11.4. The number of nitriles is 1. The van der Waals surface area contributed by atoms with E-state index >= 15 is 0 Å². The Balaban J connectivity index is 0.000000280. The van der Waals surface area contributed by atoms with Gasteiger partial charge in [0.25, 0.3) is 0 Å². The summed E-state index contributed by atoms with van der Waals surface area (Å²) >= 11 is 0. The van der Waals surface area contributed by atoms with Gasteiger partial charge in [-0.15, -0.1) is 0 Å². The van der Waals surface area contributed by atoms with Crippen LogP contribution in [0.1, 0.15) is 78.1 Å². The second kappa shape index (κ2) is 11.6. The van der Waals surface area contributed by atoms with Gasteiger partial charge in [0.1, 0.15) is 0 Å². The Morgan fingerprint density at radius 1 is 1.07 bits per heavy atom. The van der Waals surface area contributed by atoms with Crippen molar-refractivity contribution in [2.24, 2.45) is 5.92 Å². The van der Waals surface area contributed by atoms with Crippen LogP contribution in [0.25, 0.3) is 0 Å². The Labute approximate surface area is 95.9 Å². The zero-order chi connectivity index (χ0) is 11.4. The van der Waals surface area contributed by atoms with Crippen LogP contribution in [0.15, 0.2) is 0 Å². The second-order valence-electron chi connectivity index (χ2n) is 4.73. The van der Waals surface area contributed by atoms with Crippen LogP contribution in [0.5, 0.6) is 0 Å². The summed E-state index contributed by atoms with van der Waals surface area (Å²) in [6.07, 6.45) is 13.4. The number of nitrogens with zero attached hydrogens (tertiary/aromatic N) is 1.